The molecule has 0 aliphatic carbocycles. The molecule has 1 N–H and O–H groups in total. The van der Waals surface area contributed by atoms with Crippen LogP contribution in [-0.2, 0) is 13.0 Å². The lowest BCUT2D eigenvalue weighted by Crippen LogP contribution is -2.36. The van der Waals surface area contributed by atoms with E-state index in [0.29, 0.717) is 12.1 Å². The van der Waals surface area contributed by atoms with Gasteiger partial charge in [0.05, 0.1) is 18.9 Å². The molecule has 1 fully saturated rings. The quantitative estimate of drug-likeness (QED) is 0.877. The van der Waals surface area contributed by atoms with Crippen molar-refractivity contribution in [3.63, 3.8) is 0 Å². The fraction of sp³-hybridized carbons (Fsp3) is 0.538. The van der Waals surface area contributed by atoms with Crippen LogP contribution < -0.4 is 0 Å². The third kappa shape index (κ3) is 1.43. The zero-order valence-corrected chi connectivity index (χ0v) is 10.4. The van der Waals surface area contributed by atoms with Gasteiger partial charge in [0, 0.05) is 36.7 Å². The van der Waals surface area contributed by atoms with Crippen molar-refractivity contribution in [2.24, 2.45) is 0 Å². The van der Waals surface area contributed by atoms with E-state index in [0.717, 1.165) is 24.6 Å². The second-order valence-corrected chi connectivity index (χ2v) is 5.27. The number of hydrogen-bond donors (Lipinski definition) is 1. The van der Waals surface area contributed by atoms with Crippen LogP contribution in [0, 0.1) is 6.92 Å². The van der Waals surface area contributed by atoms with Gasteiger partial charge in [0.15, 0.2) is 5.89 Å². The first kappa shape index (κ1) is 10.3. The molecule has 0 amide bonds. The molecule has 5 nitrogen and oxygen atoms in total. The summed E-state index contributed by atoms with van der Waals surface area (Å²) in [5.74, 6) is 1.72. The van der Waals surface area contributed by atoms with Gasteiger partial charge in [-0.05, 0) is 12.8 Å². The van der Waals surface area contributed by atoms with Crippen LogP contribution in [0.5, 0.6) is 0 Å². The minimum absolute atomic E-state index is 0.503. The van der Waals surface area contributed by atoms with Crippen LogP contribution in [0.15, 0.2) is 16.8 Å². The van der Waals surface area contributed by atoms with Crippen molar-refractivity contribution in [2.75, 3.05) is 0 Å². The van der Waals surface area contributed by atoms with E-state index in [9.17, 15) is 0 Å². The Bertz CT molecular complexity index is 573. The average Bonchev–Trinajstić information content (AvgIpc) is 3.03. The van der Waals surface area contributed by atoms with E-state index in [4.69, 9.17) is 4.42 Å². The highest BCUT2D eigenvalue weighted by Crippen LogP contribution is 2.43. The number of nitrogens with zero attached hydrogens (tertiary/aromatic N) is 3. The maximum Gasteiger partial charge on any atom is 0.191 e. The molecule has 1 saturated heterocycles. The summed E-state index contributed by atoms with van der Waals surface area (Å²) in [4.78, 5) is 6.71. The third-order valence-electron chi connectivity index (χ3n) is 4.20. The second-order valence-electron chi connectivity index (χ2n) is 5.27. The Morgan fingerprint density at radius 1 is 1.44 bits per heavy atom. The first-order chi connectivity index (χ1) is 8.81. The summed E-state index contributed by atoms with van der Waals surface area (Å²) in [7, 11) is 0. The summed E-state index contributed by atoms with van der Waals surface area (Å²) in [6.07, 6.45) is 7.41. The van der Waals surface area contributed by atoms with Crippen LogP contribution in [-0.4, -0.2) is 26.1 Å². The van der Waals surface area contributed by atoms with Gasteiger partial charge in [-0.25, -0.2) is 4.98 Å². The van der Waals surface area contributed by atoms with E-state index in [1.807, 2.05) is 19.3 Å². The van der Waals surface area contributed by atoms with Crippen molar-refractivity contribution in [3.05, 3.63) is 35.3 Å². The lowest BCUT2D eigenvalue weighted by Gasteiger charge is -2.33. The van der Waals surface area contributed by atoms with Crippen LogP contribution in [0.1, 0.15) is 41.8 Å². The topological polar surface area (TPSA) is 58.0 Å². The van der Waals surface area contributed by atoms with E-state index >= 15 is 0 Å². The predicted molar refractivity (Wildman–Crippen MR) is 64.8 cm³/mol. The molecule has 0 aromatic carbocycles. The summed E-state index contributed by atoms with van der Waals surface area (Å²) < 4.78 is 5.60. The van der Waals surface area contributed by atoms with Crippen molar-refractivity contribution < 1.29 is 4.42 Å². The van der Waals surface area contributed by atoms with Crippen molar-refractivity contribution in [2.45, 2.75) is 44.8 Å². The summed E-state index contributed by atoms with van der Waals surface area (Å²) >= 11 is 0. The second kappa shape index (κ2) is 3.68. The molecule has 0 saturated carbocycles. The van der Waals surface area contributed by atoms with Gasteiger partial charge in [0.2, 0.25) is 0 Å². The number of aryl methyl sites for hydroxylation is 1. The zero-order chi connectivity index (χ0) is 12.1. The molecule has 5 heteroatoms. The fourth-order valence-electron chi connectivity index (χ4n) is 3.40. The zero-order valence-electron chi connectivity index (χ0n) is 10.4. The first-order valence-electron chi connectivity index (χ1n) is 6.50. The molecule has 4 rings (SSSR count). The van der Waals surface area contributed by atoms with Gasteiger partial charge in [-0.3, -0.25) is 10.00 Å². The SMILES string of the molecule is Cc1ncc(CN2C3CCC2c2cn[nH]c2C3)o1. The highest BCUT2D eigenvalue weighted by atomic mass is 16.4. The van der Waals surface area contributed by atoms with Gasteiger partial charge in [-0.1, -0.05) is 0 Å². The van der Waals surface area contributed by atoms with Crippen LogP contribution in [0.2, 0.25) is 0 Å². The molecule has 2 unspecified atom stereocenters. The Kier molecular flexibility index (Phi) is 2.11. The number of hydrogen-bond acceptors (Lipinski definition) is 4. The molecule has 4 heterocycles. The van der Waals surface area contributed by atoms with Crippen LogP contribution in [0.25, 0.3) is 0 Å². The van der Waals surface area contributed by atoms with E-state index in [2.05, 4.69) is 20.1 Å². The minimum Gasteiger partial charge on any atom is -0.445 e. The Labute approximate surface area is 105 Å². The van der Waals surface area contributed by atoms with Crippen molar-refractivity contribution >= 4 is 0 Å². The number of oxazole rings is 1. The van der Waals surface area contributed by atoms with Gasteiger partial charge >= 0.3 is 0 Å². The lowest BCUT2D eigenvalue weighted by molar-refractivity contribution is 0.154. The number of aromatic amines is 1. The monoisotopic (exact) mass is 244 g/mol. The normalized spacial score (nSPS) is 26.5. The number of fused-ring (bicyclic) bond motifs is 4. The highest BCUT2D eigenvalue weighted by Gasteiger charge is 2.41. The summed E-state index contributed by atoms with van der Waals surface area (Å²) in [6, 6.07) is 1.12. The van der Waals surface area contributed by atoms with Crippen molar-refractivity contribution in [1.29, 1.82) is 0 Å². The van der Waals surface area contributed by atoms with Gasteiger partial charge in [-0.15, -0.1) is 0 Å². The van der Waals surface area contributed by atoms with Gasteiger partial charge < -0.3 is 4.42 Å². The summed E-state index contributed by atoms with van der Waals surface area (Å²) in [5, 5.41) is 7.32. The smallest absolute Gasteiger partial charge is 0.191 e. The predicted octanol–water partition coefficient (Wildman–Crippen LogP) is 1.97. The van der Waals surface area contributed by atoms with Gasteiger partial charge in [0.1, 0.15) is 5.76 Å². The summed E-state index contributed by atoms with van der Waals surface area (Å²) in [5.41, 5.74) is 2.70. The average molecular weight is 244 g/mol. The molecule has 2 aromatic rings. The van der Waals surface area contributed by atoms with E-state index < -0.39 is 0 Å². The maximum atomic E-state index is 5.60. The molecule has 2 aliphatic rings. The maximum absolute atomic E-state index is 5.60. The third-order valence-corrected chi connectivity index (χ3v) is 4.20. The number of aromatic nitrogens is 3. The summed E-state index contributed by atoms with van der Waals surface area (Å²) in [6.45, 7) is 2.75. The highest BCUT2D eigenvalue weighted by molar-refractivity contribution is 5.28. The van der Waals surface area contributed by atoms with E-state index in [1.54, 1.807) is 0 Å². The van der Waals surface area contributed by atoms with Gasteiger partial charge in [-0.2, -0.15) is 5.10 Å². The molecule has 18 heavy (non-hydrogen) atoms. The molecule has 2 bridgehead atoms. The molecule has 94 valence electrons. The minimum atomic E-state index is 0.503. The van der Waals surface area contributed by atoms with Gasteiger partial charge in [0.25, 0.3) is 0 Å². The number of H-pyrrole nitrogens is 1. The van der Waals surface area contributed by atoms with E-state index in [1.165, 1.54) is 24.1 Å². The molecule has 2 atom stereocenters. The largest absolute Gasteiger partial charge is 0.445 e. The Hall–Kier alpha value is -1.62. The van der Waals surface area contributed by atoms with Crippen LogP contribution in [0.3, 0.4) is 0 Å². The molecular formula is C13H16N4O. The van der Waals surface area contributed by atoms with Crippen LogP contribution >= 0.6 is 0 Å². The number of nitrogens with one attached hydrogen (secondary N) is 1. The Balaban J connectivity index is 1.64. The fourth-order valence-corrected chi connectivity index (χ4v) is 3.40. The first-order valence-corrected chi connectivity index (χ1v) is 6.50. The molecular weight excluding hydrogens is 228 g/mol. The van der Waals surface area contributed by atoms with E-state index in [-0.39, 0.29) is 0 Å². The molecule has 2 aliphatic heterocycles. The lowest BCUT2D eigenvalue weighted by atomic mass is 10.0. The standard InChI is InChI=1S/C13H16N4O/c1-8-14-5-10(18-8)7-17-9-2-3-13(17)11-6-15-16-12(11)4-9/h5-6,9,13H,2-4,7H2,1H3,(H,15,16). The molecule has 0 radical (unpaired) electrons. The molecule has 0 spiro atoms. The Morgan fingerprint density at radius 3 is 3.22 bits per heavy atom. The number of rotatable bonds is 2. The Morgan fingerprint density at radius 2 is 2.39 bits per heavy atom. The van der Waals surface area contributed by atoms with Crippen molar-refractivity contribution in [3.8, 4) is 0 Å². The molecule has 2 aromatic heterocycles. The van der Waals surface area contributed by atoms with Crippen LogP contribution in [0.4, 0.5) is 0 Å². The van der Waals surface area contributed by atoms with Crippen molar-refractivity contribution in [1.82, 2.24) is 20.1 Å².